The van der Waals surface area contributed by atoms with Gasteiger partial charge in [0.15, 0.2) is 18.1 Å². The maximum Gasteiger partial charge on any atom is 0.416 e. The van der Waals surface area contributed by atoms with E-state index in [0.29, 0.717) is 22.8 Å². The summed E-state index contributed by atoms with van der Waals surface area (Å²) in [4.78, 5) is 18.6. The van der Waals surface area contributed by atoms with Crippen molar-refractivity contribution in [3.8, 4) is 11.5 Å². The summed E-state index contributed by atoms with van der Waals surface area (Å²) in [7, 11) is 1.54. The molecule has 0 saturated carbocycles. The smallest absolute Gasteiger partial charge is 0.416 e. The van der Waals surface area contributed by atoms with Crippen LogP contribution < -0.4 is 9.47 Å². The Kier molecular flexibility index (Phi) is 5.95. The van der Waals surface area contributed by atoms with Gasteiger partial charge in [-0.2, -0.15) is 13.2 Å². The first-order valence-corrected chi connectivity index (χ1v) is 8.71. The topological polar surface area (TPSA) is 60.4 Å². The highest BCUT2D eigenvalue weighted by molar-refractivity contribution is 5.99. The third kappa shape index (κ3) is 5.18. The molecule has 0 aliphatic carbocycles. The number of carbonyl (C=O) groups is 1. The van der Waals surface area contributed by atoms with Crippen molar-refractivity contribution in [1.82, 2.24) is 4.90 Å². The molecule has 1 aliphatic heterocycles. The number of fused-ring (bicyclic) bond motifs is 1. The van der Waals surface area contributed by atoms with Crippen LogP contribution in [0.1, 0.15) is 23.6 Å². The van der Waals surface area contributed by atoms with Crippen molar-refractivity contribution >= 4 is 11.6 Å². The van der Waals surface area contributed by atoms with E-state index in [1.54, 1.807) is 25.1 Å². The second-order valence-electron chi connectivity index (χ2n) is 6.46. The fourth-order valence-electron chi connectivity index (χ4n) is 2.63. The van der Waals surface area contributed by atoms with Crippen LogP contribution >= 0.6 is 0 Å². The third-order valence-corrected chi connectivity index (χ3v) is 4.31. The molecule has 0 bridgehead atoms. The quantitative estimate of drug-likeness (QED) is 0.538. The Morgan fingerprint density at radius 3 is 2.52 bits per heavy atom. The number of carbonyl (C=O) groups excluding carboxylic acids is 1. The summed E-state index contributed by atoms with van der Waals surface area (Å²) in [5.41, 5.74) is 1.17. The average molecular weight is 408 g/mol. The molecule has 9 heteroatoms. The summed E-state index contributed by atoms with van der Waals surface area (Å²) in [6.45, 7) is 1.77. The van der Waals surface area contributed by atoms with E-state index >= 15 is 0 Å². The zero-order valence-electron chi connectivity index (χ0n) is 15.8. The van der Waals surface area contributed by atoms with E-state index < -0.39 is 11.7 Å². The van der Waals surface area contributed by atoms with Gasteiger partial charge in [-0.05, 0) is 42.8 Å². The second kappa shape index (κ2) is 8.42. The minimum Gasteiger partial charge on any atom is -0.454 e. The maximum atomic E-state index is 12.6. The van der Waals surface area contributed by atoms with Crippen molar-refractivity contribution in [2.75, 3.05) is 20.4 Å². The first kappa shape index (κ1) is 20.5. The lowest BCUT2D eigenvalue weighted by Crippen LogP contribution is -2.29. The first-order chi connectivity index (χ1) is 13.7. The van der Waals surface area contributed by atoms with Crippen LogP contribution in [0.3, 0.4) is 0 Å². The van der Waals surface area contributed by atoms with Gasteiger partial charge in [-0.15, -0.1) is 0 Å². The fourth-order valence-corrected chi connectivity index (χ4v) is 2.63. The summed E-state index contributed by atoms with van der Waals surface area (Å²) in [5.74, 6) is 0.916. The summed E-state index contributed by atoms with van der Waals surface area (Å²) >= 11 is 0. The largest absolute Gasteiger partial charge is 0.454 e. The number of halogens is 3. The summed E-state index contributed by atoms with van der Waals surface area (Å²) in [5, 5.41) is 3.94. The number of oxime groups is 1. The zero-order chi connectivity index (χ0) is 21.0. The van der Waals surface area contributed by atoms with E-state index in [-0.39, 0.29) is 25.9 Å². The predicted octanol–water partition coefficient (Wildman–Crippen LogP) is 3.83. The molecule has 0 spiro atoms. The molecule has 2 aromatic rings. The van der Waals surface area contributed by atoms with Crippen molar-refractivity contribution in [3.05, 3.63) is 59.2 Å². The molecule has 29 heavy (non-hydrogen) atoms. The molecule has 0 N–H and O–H groups in total. The van der Waals surface area contributed by atoms with Crippen molar-refractivity contribution in [1.29, 1.82) is 0 Å². The Morgan fingerprint density at radius 2 is 1.83 bits per heavy atom. The van der Waals surface area contributed by atoms with Crippen LogP contribution in [0, 0.1) is 0 Å². The van der Waals surface area contributed by atoms with Gasteiger partial charge in [0.1, 0.15) is 0 Å². The molecule has 1 amide bonds. The van der Waals surface area contributed by atoms with Gasteiger partial charge in [0, 0.05) is 19.2 Å². The molecule has 2 aromatic carbocycles. The number of hydrogen-bond acceptors (Lipinski definition) is 5. The van der Waals surface area contributed by atoms with Gasteiger partial charge < -0.3 is 19.2 Å². The van der Waals surface area contributed by atoms with Crippen molar-refractivity contribution in [2.24, 2.45) is 5.16 Å². The number of amides is 1. The minimum atomic E-state index is -4.39. The highest BCUT2D eigenvalue weighted by Crippen LogP contribution is 2.32. The van der Waals surface area contributed by atoms with Crippen molar-refractivity contribution < 1.29 is 32.3 Å². The Balaban J connectivity index is 1.51. The normalized spacial score (nSPS) is 13.3. The van der Waals surface area contributed by atoms with Crippen LogP contribution in [0.2, 0.25) is 0 Å². The second-order valence-corrected chi connectivity index (χ2v) is 6.46. The van der Waals surface area contributed by atoms with E-state index in [4.69, 9.17) is 14.3 Å². The molecule has 0 unspecified atom stereocenters. The number of likely N-dealkylation sites (N-methyl/N-ethyl adjacent to an activating group) is 1. The molecular weight excluding hydrogens is 389 g/mol. The lowest BCUT2D eigenvalue weighted by Gasteiger charge is -2.17. The lowest BCUT2D eigenvalue weighted by atomic mass is 10.1. The molecule has 6 nitrogen and oxygen atoms in total. The monoisotopic (exact) mass is 408 g/mol. The number of benzene rings is 2. The van der Waals surface area contributed by atoms with Crippen LogP contribution in [0.25, 0.3) is 0 Å². The maximum absolute atomic E-state index is 12.6. The number of alkyl halides is 3. The highest BCUT2D eigenvalue weighted by Gasteiger charge is 2.30. The van der Waals surface area contributed by atoms with Crippen LogP contribution in [0.4, 0.5) is 13.2 Å². The highest BCUT2D eigenvalue weighted by atomic mass is 19.4. The van der Waals surface area contributed by atoms with Crippen molar-refractivity contribution in [3.63, 3.8) is 0 Å². The molecule has 3 rings (SSSR count). The third-order valence-electron chi connectivity index (χ3n) is 4.31. The van der Waals surface area contributed by atoms with Gasteiger partial charge >= 0.3 is 6.18 Å². The molecule has 154 valence electrons. The molecule has 0 aromatic heterocycles. The molecule has 0 saturated heterocycles. The summed E-state index contributed by atoms with van der Waals surface area (Å²) < 4.78 is 48.3. The number of rotatable bonds is 6. The first-order valence-electron chi connectivity index (χ1n) is 8.71. The Hall–Kier alpha value is -3.23. The Morgan fingerprint density at radius 1 is 1.14 bits per heavy atom. The molecule has 1 heterocycles. The van der Waals surface area contributed by atoms with Gasteiger partial charge in [-0.25, -0.2) is 0 Å². The summed E-state index contributed by atoms with van der Waals surface area (Å²) in [6.07, 6.45) is -4.39. The SMILES string of the molecule is C/C(=N\OCC(=O)N(C)Cc1ccc(C(F)(F)F)cc1)c1ccc2c(c1)OCO2. The van der Waals surface area contributed by atoms with E-state index in [2.05, 4.69) is 5.16 Å². The standard InChI is InChI=1S/C20H19F3N2O4/c1-13(15-5-8-17-18(9-15)28-12-27-17)24-29-11-19(26)25(2)10-14-3-6-16(7-4-14)20(21,22)23/h3-9H,10-12H2,1-2H3/b24-13+. The Bertz CT molecular complexity index is 911. The number of ether oxygens (including phenoxy) is 2. The Labute approximate surface area is 165 Å². The molecular formula is C20H19F3N2O4. The van der Waals surface area contributed by atoms with Crippen LogP contribution in [0.5, 0.6) is 11.5 Å². The van der Waals surface area contributed by atoms with Crippen molar-refractivity contribution in [2.45, 2.75) is 19.6 Å². The van der Waals surface area contributed by atoms with Gasteiger partial charge in [0.2, 0.25) is 6.79 Å². The molecule has 0 atom stereocenters. The van der Waals surface area contributed by atoms with Gasteiger partial charge in [0.05, 0.1) is 11.3 Å². The van der Waals surface area contributed by atoms with Crippen LogP contribution in [0.15, 0.2) is 47.6 Å². The molecule has 0 radical (unpaired) electrons. The molecule has 0 fully saturated rings. The van der Waals surface area contributed by atoms with E-state index in [9.17, 15) is 18.0 Å². The fraction of sp³-hybridized carbons (Fsp3) is 0.300. The van der Waals surface area contributed by atoms with Crippen LogP contribution in [-0.4, -0.2) is 37.0 Å². The number of nitrogens with zero attached hydrogens (tertiary/aromatic N) is 2. The number of hydrogen-bond donors (Lipinski definition) is 0. The average Bonchev–Trinajstić information content (AvgIpc) is 3.15. The zero-order valence-corrected chi connectivity index (χ0v) is 15.8. The van der Waals surface area contributed by atoms with E-state index in [0.717, 1.165) is 17.7 Å². The van der Waals surface area contributed by atoms with E-state index in [1.807, 2.05) is 0 Å². The summed E-state index contributed by atoms with van der Waals surface area (Å²) in [6, 6.07) is 9.99. The van der Waals surface area contributed by atoms with E-state index in [1.165, 1.54) is 24.1 Å². The van der Waals surface area contributed by atoms with Gasteiger partial charge in [0.25, 0.3) is 5.91 Å². The predicted molar refractivity (Wildman–Crippen MR) is 98.6 cm³/mol. The molecule has 1 aliphatic rings. The van der Waals surface area contributed by atoms with Gasteiger partial charge in [-0.3, -0.25) is 4.79 Å². The van der Waals surface area contributed by atoms with Crippen LogP contribution in [-0.2, 0) is 22.4 Å². The lowest BCUT2D eigenvalue weighted by molar-refractivity contribution is -0.138. The van der Waals surface area contributed by atoms with Gasteiger partial charge in [-0.1, -0.05) is 17.3 Å². The minimum absolute atomic E-state index is 0.158.